The van der Waals surface area contributed by atoms with Crippen LogP contribution in [0.5, 0.6) is 5.75 Å². The molecule has 0 heterocycles. The molecule has 0 aliphatic carbocycles. The van der Waals surface area contributed by atoms with Crippen LogP contribution in [0.2, 0.25) is 5.02 Å². The first-order valence-corrected chi connectivity index (χ1v) is 6.71. The highest BCUT2D eigenvalue weighted by molar-refractivity contribution is 6.30. The van der Waals surface area contributed by atoms with Gasteiger partial charge in [0.2, 0.25) is 0 Å². The summed E-state index contributed by atoms with van der Waals surface area (Å²) in [5.41, 5.74) is 2.37. The van der Waals surface area contributed by atoms with Gasteiger partial charge >= 0.3 is 0 Å². The number of nitrogens with one attached hydrogen (secondary N) is 1. The van der Waals surface area contributed by atoms with Crippen LogP contribution in [0.15, 0.2) is 36.4 Å². The van der Waals surface area contributed by atoms with E-state index in [0.717, 1.165) is 11.3 Å². The molecular formula is C15H15ClN2O3. The van der Waals surface area contributed by atoms with Crippen molar-refractivity contribution in [2.75, 3.05) is 12.4 Å². The Hall–Kier alpha value is -2.27. The van der Waals surface area contributed by atoms with Crippen molar-refractivity contribution in [1.82, 2.24) is 0 Å². The van der Waals surface area contributed by atoms with Crippen molar-refractivity contribution in [3.05, 3.63) is 62.7 Å². The van der Waals surface area contributed by atoms with Gasteiger partial charge < -0.3 is 10.1 Å². The minimum Gasteiger partial charge on any atom is -0.495 e. The van der Waals surface area contributed by atoms with Crippen LogP contribution >= 0.6 is 11.6 Å². The van der Waals surface area contributed by atoms with Crippen molar-refractivity contribution in [1.29, 1.82) is 0 Å². The highest BCUT2D eigenvalue weighted by Crippen LogP contribution is 2.29. The molecule has 1 N–H and O–H groups in total. The predicted molar refractivity (Wildman–Crippen MR) is 83.2 cm³/mol. The van der Waals surface area contributed by atoms with E-state index in [2.05, 4.69) is 5.32 Å². The molecular weight excluding hydrogens is 292 g/mol. The Bertz CT molecular complexity index is 674. The zero-order chi connectivity index (χ0) is 15.4. The lowest BCUT2D eigenvalue weighted by Crippen LogP contribution is -2.04. The summed E-state index contributed by atoms with van der Waals surface area (Å²) >= 11 is 5.97. The van der Waals surface area contributed by atoms with Gasteiger partial charge in [-0.3, -0.25) is 10.1 Å². The molecule has 21 heavy (non-hydrogen) atoms. The third kappa shape index (κ3) is 3.44. The first-order valence-electron chi connectivity index (χ1n) is 6.33. The van der Waals surface area contributed by atoms with Crippen LogP contribution in [-0.2, 0) is 6.54 Å². The summed E-state index contributed by atoms with van der Waals surface area (Å²) in [5, 5.41) is 14.7. The number of anilines is 1. The molecule has 0 radical (unpaired) electrons. The Morgan fingerprint density at radius 1 is 1.33 bits per heavy atom. The van der Waals surface area contributed by atoms with Crippen LogP contribution in [-0.4, -0.2) is 12.0 Å². The second-order valence-electron chi connectivity index (χ2n) is 4.52. The second-order valence-corrected chi connectivity index (χ2v) is 4.95. The Morgan fingerprint density at radius 3 is 2.76 bits per heavy atom. The molecule has 0 fully saturated rings. The van der Waals surface area contributed by atoms with Crippen molar-refractivity contribution in [3.8, 4) is 5.75 Å². The number of ether oxygens (including phenoxy) is 1. The normalized spacial score (nSPS) is 10.2. The minimum absolute atomic E-state index is 0.118. The SMILES string of the molecule is COc1ccc(Cl)cc1NCc1cccc([N+](=O)[O-])c1C. The maximum Gasteiger partial charge on any atom is 0.272 e. The van der Waals surface area contributed by atoms with Gasteiger partial charge in [0.05, 0.1) is 17.7 Å². The summed E-state index contributed by atoms with van der Waals surface area (Å²) in [6.45, 7) is 2.19. The average Bonchev–Trinajstić information content (AvgIpc) is 2.46. The second kappa shape index (κ2) is 6.45. The fourth-order valence-corrected chi connectivity index (χ4v) is 2.24. The van der Waals surface area contributed by atoms with Crippen LogP contribution in [0.1, 0.15) is 11.1 Å². The number of halogens is 1. The summed E-state index contributed by atoms with van der Waals surface area (Å²) in [7, 11) is 1.58. The van der Waals surface area contributed by atoms with Gasteiger partial charge in [-0.15, -0.1) is 0 Å². The van der Waals surface area contributed by atoms with Gasteiger partial charge in [-0.05, 0) is 30.7 Å². The number of nitrogens with zero attached hydrogens (tertiary/aromatic N) is 1. The summed E-state index contributed by atoms with van der Waals surface area (Å²) in [4.78, 5) is 10.6. The molecule has 5 nitrogen and oxygen atoms in total. The molecule has 0 amide bonds. The number of benzene rings is 2. The molecule has 0 bridgehead atoms. The van der Waals surface area contributed by atoms with E-state index in [-0.39, 0.29) is 10.6 Å². The van der Waals surface area contributed by atoms with E-state index in [0.29, 0.717) is 22.9 Å². The monoisotopic (exact) mass is 306 g/mol. The molecule has 0 unspecified atom stereocenters. The Labute approximate surface area is 127 Å². The average molecular weight is 307 g/mol. The fourth-order valence-electron chi connectivity index (χ4n) is 2.07. The molecule has 0 saturated heterocycles. The van der Waals surface area contributed by atoms with Crippen molar-refractivity contribution in [3.63, 3.8) is 0 Å². The summed E-state index contributed by atoms with van der Waals surface area (Å²) in [6.07, 6.45) is 0. The van der Waals surface area contributed by atoms with E-state index in [1.54, 1.807) is 38.3 Å². The van der Waals surface area contributed by atoms with Crippen molar-refractivity contribution >= 4 is 23.0 Å². The van der Waals surface area contributed by atoms with Crippen molar-refractivity contribution < 1.29 is 9.66 Å². The first-order chi connectivity index (χ1) is 10.0. The third-order valence-corrected chi connectivity index (χ3v) is 3.48. The van der Waals surface area contributed by atoms with Crippen molar-refractivity contribution in [2.45, 2.75) is 13.5 Å². The largest absolute Gasteiger partial charge is 0.495 e. The van der Waals surface area contributed by atoms with Gasteiger partial charge in [-0.25, -0.2) is 0 Å². The number of nitro benzene ring substituents is 1. The van der Waals surface area contributed by atoms with E-state index in [1.807, 2.05) is 6.07 Å². The molecule has 2 aromatic rings. The number of nitro groups is 1. The first kappa shape index (κ1) is 15.1. The van der Waals surface area contributed by atoms with Crippen LogP contribution in [0.3, 0.4) is 0 Å². The Morgan fingerprint density at radius 2 is 2.10 bits per heavy atom. The summed E-state index contributed by atoms with van der Waals surface area (Å²) in [5.74, 6) is 0.669. The van der Waals surface area contributed by atoms with Gasteiger partial charge in [-0.2, -0.15) is 0 Å². The molecule has 110 valence electrons. The molecule has 0 atom stereocenters. The summed E-state index contributed by atoms with van der Waals surface area (Å²) < 4.78 is 5.25. The van der Waals surface area contributed by atoms with E-state index >= 15 is 0 Å². The number of hydrogen-bond donors (Lipinski definition) is 1. The lowest BCUT2D eigenvalue weighted by molar-refractivity contribution is -0.385. The third-order valence-electron chi connectivity index (χ3n) is 3.24. The number of methoxy groups -OCH3 is 1. The topological polar surface area (TPSA) is 64.4 Å². The summed E-state index contributed by atoms with van der Waals surface area (Å²) in [6, 6.07) is 10.3. The van der Waals surface area contributed by atoms with Crippen LogP contribution in [0, 0.1) is 17.0 Å². The Balaban J connectivity index is 2.23. The number of hydrogen-bond acceptors (Lipinski definition) is 4. The molecule has 2 aromatic carbocycles. The molecule has 0 aliphatic heterocycles. The highest BCUT2D eigenvalue weighted by atomic mass is 35.5. The van der Waals surface area contributed by atoms with Gasteiger partial charge in [-0.1, -0.05) is 23.7 Å². The molecule has 0 saturated carbocycles. The van der Waals surface area contributed by atoms with E-state index in [9.17, 15) is 10.1 Å². The van der Waals surface area contributed by atoms with Gasteiger partial charge in [0.1, 0.15) is 5.75 Å². The zero-order valence-corrected chi connectivity index (χ0v) is 12.5. The Kier molecular flexibility index (Phi) is 4.65. The van der Waals surface area contributed by atoms with Crippen LogP contribution < -0.4 is 10.1 Å². The maximum atomic E-state index is 10.9. The highest BCUT2D eigenvalue weighted by Gasteiger charge is 2.13. The minimum atomic E-state index is -0.376. The quantitative estimate of drug-likeness (QED) is 0.665. The molecule has 2 rings (SSSR count). The van der Waals surface area contributed by atoms with Crippen LogP contribution in [0.25, 0.3) is 0 Å². The lowest BCUT2D eigenvalue weighted by Gasteiger charge is -2.13. The lowest BCUT2D eigenvalue weighted by atomic mass is 10.1. The van der Waals surface area contributed by atoms with Crippen LogP contribution in [0.4, 0.5) is 11.4 Å². The molecule has 0 aromatic heterocycles. The predicted octanol–water partition coefficient (Wildman–Crippen LogP) is 4.18. The smallest absolute Gasteiger partial charge is 0.272 e. The van der Waals surface area contributed by atoms with Gasteiger partial charge in [0.15, 0.2) is 0 Å². The number of rotatable bonds is 5. The molecule has 0 spiro atoms. The van der Waals surface area contributed by atoms with Gasteiger partial charge in [0, 0.05) is 23.2 Å². The van der Waals surface area contributed by atoms with E-state index < -0.39 is 0 Å². The molecule has 0 aliphatic rings. The van der Waals surface area contributed by atoms with Crippen molar-refractivity contribution in [2.24, 2.45) is 0 Å². The zero-order valence-electron chi connectivity index (χ0n) is 11.7. The fraction of sp³-hybridized carbons (Fsp3) is 0.200. The van der Waals surface area contributed by atoms with E-state index in [1.165, 1.54) is 6.07 Å². The maximum absolute atomic E-state index is 10.9. The van der Waals surface area contributed by atoms with Gasteiger partial charge in [0.25, 0.3) is 5.69 Å². The molecule has 6 heteroatoms. The van der Waals surface area contributed by atoms with E-state index in [4.69, 9.17) is 16.3 Å². The standard InChI is InChI=1S/C15H15ClN2O3/c1-10-11(4-3-5-14(10)18(19)20)9-17-13-8-12(16)6-7-15(13)21-2/h3-8,17H,9H2,1-2H3.